The first-order chi connectivity index (χ1) is 13.9. The van der Waals surface area contributed by atoms with E-state index in [1.54, 1.807) is 11.3 Å². The molecule has 8 heteroatoms. The number of ether oxygens (including phenoxy) is 1. The zero-order valence-electron chi connectivity index (χ0n) is 18.1. The molecular formula is C22H33IN4O2S. The molecule has 0 aliphatic carbocycles. The van der Waals surface area contributed by atoms with Crippen molar-refractivity contribution in [2.75, 3.05) is 18.4 Å². The largest absolute Gasteiger partial charge is 0.491 e. The Kier molecular flexibility index (Phi) is 12.4. The molecule has 0 unspecified atom stereocenters. The fourth-order valence-corrected chi connectivity index (χ4v) is 3.28. The second-order valence-electron chi connectivity index (χ2n) is 7.27. The van der Waals surface area contributed by atoms with Crippen LogP contribution < -0.4 is 20.7 Å². The Morgan fingerprint density at radius 1 is 1.13 bits per heavy atom. The van der Waals surface area contributed by atoms with Gasteiger partial charge in [0.25, 0.3) is 0 Å². The summed E-state index contributed by atoms with van der Waals surface area (Å²) in [6.45, 7) is 9.10. The van der Waals surface area contributed by atoms with Crippen molar-refractivity contribution in [1.29, 1.82) is 0 Å². The van der Waals surface area contributed by atoms with Crippen LogP contribution in [0.1, 0.15) is 39.0 Å². The molecule has 1 amide bonds. The molecule has 30 heavy (non-hydrogen) atoms. The standard InChI is InChI=1S/C22H32N4O2S.HI/c1-16(2)25-21(27)12-14-24-22(23-13-11-20-6-5-15-29-20)26-18-7-9-19(10-8-18)28-17(3)4;/h5-10,15-17H,11-14H2,1-4H3,(H,25,27)(H2,23,24,26);1H. The number of thiophene rings is 1. The van der Waals surface area contributed by atoms with Crippen LogP contribution in [0.15, 0.2) is 46.8 Å². The van der Waals surface area contributed by atoms with Crippen LogP contribution in [0.4, 0.5) is 5.69 Å². The highest BCUT2D eigenvalue weighted by Crippen LogP contribution is 2.17. The summed E-state index contributed by atoms with van der Waals surface area (Å²) in [5.41, 5.74) is 0.912. The average molecular weight is 545 g/mol. The maximum Gasteiger partial charge on any atom is 0.221 e. The van der Waals surface area contributed by atoms with Crippen LogP contribution >= 0.6 is 35.3 Å². The number of carbonyl (C=O) groups excluding carboxylic acids is 1. The number of rotatable bonds is 10. The van der Waals surface area contributed by atoms with Crippen molar-refractivity contribution in [3.8, 4) is 5.75 Å². The summed E-state index contributed by atoms with van der Waals surface area (Å²) in [4.78, 5) is 17.8. The Hall–Kier alpha value is -1.81. The van der Waals surface area contributed by atoms with Crippen molar-refractivity contribution >= 4 is 52.9 Å². The lowest BCUT2D eigenvalue weighted by molar-refractivity contribution is -0.121. The van der Waals surface area contributed by atoms with Gasteiger partial charge in [-0.1, -0.05) is 6.07 Å². The SMILES string of the molecule is CC(C)NC(=O)CCNC(=NCCc1cccs1)Nc1ccc(OC(C)C)cc1.I. The minimum absolute atomic E-state index is 0. The third-order valence-corrected chi connectivity index (χ3v) is 4.73. The highest BCUT2D eigenvalue weighted by atomic mass is 127. The summed E-state index contributed by atoms with van der Waals surface area (Å²) in [7, 11) is 0. The van der Waals surface area contributed by atoms with Crippen molar-refractivity contribution in [2.45, 2.75) is 52.7 Å². The summed E-state index contributed by atoms with van der Waals surface area (Å²) in [5, 5.41) is 11.5. The van der Waals surface area contributed by atoms with E-state index in [9.17, 15) is 4.79 Å². The minimum atomic E-state index is 0. The number of nitrogens with one attached hydrogen (secondary N) is 3. The predicted octanol–water partition coefficient (Wildman–Crippen LogP) is 4.67. The van der Waals surface area contributed by atoms with Crippen molar-refractivity contribution in [3.63, 3.8) is 0 Å². The third kappa shape index (κ3) is 10.8. The molecule has 0 bridgehead atoms. The molecule has 0 fully saturated rings. The molecule has 0 radical (unpaired) electrons. The molecule has 6 nitrogen and oxygen atoms in total. The fourth-order valence-electron chi connectivity index (χ4n) is 2.59. The van der Waals surface area contributed by atoms with Crippen LogP contribution in [0, 0.1) is 0 Å². The van der Waals surface area contributed by atoms with Gasteiger partial charge in [0.15, 0.2) is 5.96 Å². The van der Waals surface area contributed by atoms with Crippen LogP contribution in [-0.4, -0.2) is 37.1 Å². The van der Waals surface area contributed by atoms with E-state index in [0.29, 0.717) is 25.5 Å². The summed E-state index contributed by atoms with van der Waals surface area (Å²) in [5.74, 6) is 1.53. The quantitative estimate of drug-likeness (QED) is 0.231. The lowest BCUT2D eigenvalue weighted by Crippen LogP contribution is -2.36. The molecule has 0 aliphatic heterocycles. The maximum absolute atomic E-state index is 11.9. The van der Waals surface area contributed by atoms with Crippen molar-refractivity contribution < 1.29 is 9.53 Å². The molecule has 0 atom stereocenters. The molecule has 0 saturated carbocycles. The smallest absolute Gasteiger partial charge is 0.221 e. The molecule has 166 valence electrons. The van der Waals surface area contributed by atoms with Gasteiger partial charge in [-0.3, -0.25) is 9.79 Å². The Balaban J connectivity index is 0.00000450. The summed E-state index contributed by atoms with van der Waals surface area (Å²) >= 11 is 1.74. The first-order valence-corrected chi connectivity index (χ1v) is 10.9. The van der Waals surface area contributed by atoms with Gasteiger partial charge in [0, 0.05) is 42.5 Å². The molecule has 1 heterocycles. The van der Waals surface area contributed by atoms with Crippen LogP contribution in [0.5, 0.6) is 5.75 Å². The zero-order chi connectivity index (χ0) is 21.1. The van der Waals surface area contributed by atoms with Crippen molar-refractivity contribution in [3.05, 3.63) is 46.7 Å². The molecule has 0 aliphatic rings. The number of hydrogen-bond acceptors (Lipinski definition) is 4. The second-order valence-corrected chi connectivity index (χ2v) is 8.31. The number of nitrogens with zero attached hydrogens (tertiary/aromatic N) is 1. The molecule has 3 N–H and O–H groups in total. The van der Waals surface area contributed by atoms with Gasteiger partial charge in [0.05, 0.1) is 6.10 Å². The van der Waals surface area contributed by atoms with Gasteiger partial charge >= 0.3 is 0 Å². The number of guanidine groups is 1. The Bertz CT molecular complexity index is 762. The fraction of sp³-hybridized carbons (Fsp3) is 0.455. The molecular weight excluding hydrogens is 511 g/mol. The minimum Gasteiger partial charge on any atom is -0.491 e. The number of hydrogen-bond donors (Lipinski definition) is 3. The van der Waals surface area contributed by atoms with Crippen LogP contribution in [0.2, 0.25) is 0 Å². The summed E-state index contributed by atoms with van der Waals surface area (Å²) in [6, 6.07) is 12.1. The Labute approximate surface area is 200 Å². The normalized spacial score (nSPS) is 11.2. The number of aliphatic imine (C=N–C) groups is 1. The van der Waals surface area contributed by atoms with E-state index >= 15 is 0 Å². The van der Waals surface area contributed by atoms with E-state index in [1.807, 2.05) is 52.0 Å². The first-order valence-electron chi connectivity index (χ1n) is 10.1. The van der Waals surface area contributed by atoms with E-state index in [-0.39, 0.29) is 42.0 Å². The van der Waals surface area contributed by atoms with Gasteiger partial charge in [0.1, 0.15) is 5.75 Å². The van der Waals surface area contributed by atoms with Crippen LogP contribution in [0.3, 0.4) is 0 Å². The maximum atomic E-state index is 11.9. The zero-order valence-corrected chi connectivity index (χ0v) is 21.3. The topological polar surface area (TPSA) is 74.8 Å². The van der Waals surface area contributed by atoms with E-state index in [0.717, 1.165) is 17.9 Å². The highest BCUT2D eigenvalue weighted by molar-refractivity contribution is 14.0. The van der Waals surface area contributed by atoms with E-state index in [2.05, 4.69) is 38.5 Å². The van der Waals surface area contributed by atoms with E-state index < -0.39 is 0 Å². The first kappa shape index (κ1) is 26.2. The molecule has 0 saturated heterocycles. The molecule has 1 aromatic heterocycles. The molecule has 1 aromatic carbocycles. The second kappa shape index (κ2) is 14.2. The summed E-state index contributed by atoms with van der Waals surface area (Å²) in [6.07, 6.45) is 1.42. The molecule has 2 aromatic rings. The highest BCUT2D eigenvalue weighted by Gasteiger charge is 2.06. The number of amides is 1. The number of halogens is 1. The average Bonchev–Trinajstić information content (AvgIpc) is 3.15. The lowest BCUT2D eigenvalue weighted by Gasteiger charge is -2.14. The number of benzene rings is 1. The van der Waals surface area contributed by atoms with Crippen LogP contribution in [0.25, 0.3) is 0 Å². The molecule has 0 spiro atoms. The van der Waals surface area contributed by atoms with Gasteiger partial charge in [-0.2, -0.15) is 0 Å². The lowest BCUT2D eigenvalue weighted by atomic mass is 10.3. The monoisotopic (exact) mass is 544 g/mol. The third-order valence-electron chi connectivity index (χ3n) is 3.79. The van der Waals surface area contributed by atoms with E-state index in [1.165, 1.54) is 4.88 Å². The van der Waals surface area contributed by atoms with Gasteiger partial charge in [-0.25, -0.2) is 0 Å². The van der Waals surface area contributed by atoms with Crippen molar-refractivity contribution in [1.82, 2.24) is 10.6 Å². The van der Waals surface area contributed by atoms with Gasteiger partial charge in [-0.15, -0.1) is 35.3 Å². The molecule has 2 rings (SSSR count). The van der Waals surface area contributed by atoms with Crippen molar-refractivity contribution in [2.24, 2.45) is 4.99 Å². The van der Waals surface area contributed by atoms with E-state index in [4.69, 9.17) is 4.74 Å². The number of carbonyl (C=O) groups is 1. The van der Waals surface area contributed by atoms with Gasteiger partial charge in [0.2, 0.25) is 5.91 Å². The Morgan fingerprint density at radius 2 is 1.87 bits per heavy atom. The van der Waals surface area contributed by atoms with Gasteiger partial charge < -0.3 is 20.7 Å². The Morgan fingerprint density at radius 3 is 2.47 bits per heavy atom. The van der Waals surface area contributed by atoms with Crippen LogP contribution in [-0.2, 0) is 11.2 Å². The number of anilines is 1. The predicted molar refractivity (Wildman–Crippen MR) is 137 cm³/mol. The van der Waals surface area contributed by atoms with Gasteiger partial charge in [-0.05, 0) is 63.4 Å². The summed E-state index contributed by atoms with van der Waals surface area (Å²) < 4.78 is 5.69.